The van der Waals surface area contributed by atoms with E-state index < -0.39 is 18.0 Å². The number of aliphatic hydroxyl groups is 1. The summed E-state index contributed by atoms with van der Waals surface area (Å²) in [7, 11) is 1.60. The number of carboxylic acids is 1. The van der Waals surface area contributed by atoms with Gasteiger partial charge in [-0.05, 0) is 73.0 Å². The average molecular weight is 464 g/mol. The first kappa shape index (κ1) is 23.2. The molecule has 1 unspecified atom stereocenters. The minimum Gasteiger partial charge on any atom is -0.550 e. The maximum atomic E-state index is 11.9. The lowest BCUT2D eigenvalue weighted by molar-refractivity contribution is -0.314. The Balaban J connectivity index is 1.38. The normalized spacial score (nSPS) is 19.6. The topological polar surface area (TPSA) is 85.7 Å². The monoisotopic (exact) mass is 463 g/mol. The van der Waals surface area contributed by atoms with Crippen molar-refractivity contribution < 1.29 is 19.7 Å². The molecule has 0 spiro atoms. The summed E-state index contributed by atoms with van der Waals surface area (Å²) in [5.41, 5.74) is 2.56. The standard InChI is InChI=1S/C26H28N2O4S/c1-32-20-5-6-24-22(15-20)21(8-11-27-24)25(29)7-4-19-9-13-28(16-23(19)26(30)31)12-2-3-18-10-14-33-17-18/h5-6,8,10-11,14-15,17,19,23,25,29H,4,7,9,12-13,16H2,1H3,(H,30,31)/p-1/t19-,23+,25?/m1/s1. The molecule has 1 aliphatic heterocycles. The number of carbonyl (C=O) groups excluding carboxylic acids is 1. The second-order valence-corrected chi connectivity index (χ2v) is 9.18. The van der Waals surface area contributed by atoms with Crippen molar-refractivity contribution >= 4 is 28.2 Å². The molecule has 1 aliphatic rings. The largest absolute Gasteiger partial charge is 0.550 e. The Hall–Kier alpha value is -2.92. The zero-order chi connectivity index (χ0) is 23.2. The first-order valence-electron chi connectivity index (χ1n) is 11.1. The molecule has 1 aromatic carbocycles. The van der Waals surface area contributed by atoms with Crippen LogP contribution >= 0.6 is 11.3 Å². The van der Waals surface area contributed by atoms with E-state index in [9.17, 15) is 15.0 Å². The number of carbonyl (C=O) groups is 1. The Labute approximate surface area is 197 Å². The van der Waals surface area contributed by atoms with Gasteiger partial charge in [0.15, 0.2) is 0 Å². The van der Waals surface area contributed by atoms with Gasteiger partial charge < -0.3 is 19.7 Å². The van der Waals surface area contributed by atoms with E-state index in [1.807, 2.05) is 41.1 Å². The van der Waals surface area contributed by atoms with Crippen LogP contribution in [0.2, 0.25) is 0 Å². The van der Waals surface area contributed by atoms with Gasteiger partial charge >= 0.3 is 0 Å². The zero-order valence-corrected chi connectivity index (χ0v) is 19.4. The third kappa shape index (κ3) is 5.72. The number of aromatic nitrogens is 1. The summed E-state index contributed by atoms with van der Waals surface area (Å²) in [6.07, 6.45) is 2.81. The fraction of sp³-hybridized carbons (Fsp3) is 0.385. The number of hydrogen-bond acceptors (Lipinski definition) is 7. The summed E-state index contributed by atoms with van der Waals surface area (Å²) in [6.45, 7) is 1.76. The van der Waals surface area contributed by atoms with E-state index in [0.717, 1.165) is 35.0 Å². The number of rotatable bonds is 7. The minimum atomic E-state index is -1.02. The first-order chi connectivity index (χ1) is 16.0. The van der Waals surface area contributed by atoms with Gasteiger partial charge in [-0.15, -0.1) is 0 Å². The molecule has 1 saturated heterocycles. The van der Waals surface area contributed by atoms with E-state index in [2.05, 4.69) is 21.7 Å². The molecule has 33 heavy (non-hydrogen) atoms. The second-order valence-electron chi connectivity index (χ2n) is 8.40. The van der Waals surface area contributed by atoms with Crippen LogP contribution in [0.4, 0.5) is 0 Å². The van der Waals surface area contributed by atoms with Crippen molar-refractivity contribution in [1.29, 1.82) is 0 Å². The van der Waals surface area contributed by atoms with Gasteiger partial charge in [0.05, 0.1) is 25.3 Å². The molecule has 0 radical (unpaired) electrons. The molecular weight excluding hydrogens is 436 g/mol. The average Bonchev–Trinajstić information content (AvgIpc) is 3.35. The van der Waals surface area contributed by atoms with Gasteiger partial charge in [-0.3, -0.25) is 9.88 Å². The van der Waals surface area contributed by atoms with Gasteiger partial charge in [0.25, 0.3) is 0 Å². The Morgan fingerprint density at radius 1 is 1.39 bits per heavy atom. The maximum absolute atomic E-state index is 11.9. The molecule has 2 aromatic heterocycles. The molecule has 0 bridgehead atoms. The lowest BCUT2D eigenvalue weighted by Gasteiger charge is -2.38. The number of hydrogen-bond donors (Lipinski definition) is 1. The third-order valence-electron chi connectivity index (χ3n) is 6.35. The predicted octanol–water partition coefficient (Wildman–Crippen LogP) is 2.86. The Morgan fingerprint density at radius 2 is 2.27 bits per heavy atom. The number of methoxy groups -OCH3 is 1. The zero-order valence-electron chi connectivity index (χ0n) is 18.6. The van der Waals surface area contributed by atoms with Gasteiger partial charge in [0.2, 0.25) is 0 Å². The van der Waals surface area contributed by atoms with Crippen LogP contribution in [0.1, 0.15) is 36.5 Å². The lowest BCUT2D eigenvalue weighted by atomic mass is 9.81. The smallest absolute Gasteiger partial charge is 0.119 e. The van der Waals surface area contributed by atoms with Crippen molar-refractivity contribution in [2.45, 2.75) is 25.4 Å². The fourth-order valence-corrected chi connectivity index (χ4v) is 5.09. The molecule has 3 heterocycles. The maximum Gasteiger partial charge on any atom is 0.119 e. The number of benzene rings is 1. The number of ether oxygens (including phenoxy) is 1. The van der Waals surface area contributed by atoms with E-state index in [1.54, 1.807) is 24.6 Å². The highest BCUT2D eigenvalue weighted by molar-refractivity contribution is 7.08. The number of aliphatic carboxylic acids is 1. The summed E-state index contributed by atoms with van der Waals surface area (Å²) in [6, 6.07) is 9.38. The van der Waals surface area contributed by atoms with Gasteiger partial charge in [-0.25, -0.2) is 0 Å². The molecule has 3 atom stereocenters. The molecule has 4 rings (SSSR count). The predicted molar refractivity (Wildman–Crippen MR) is 127 cm³/mol. The highest BCUT2D eigenvalue weighted by atomic mass is 32.1. The molecule has 6 nitrogen and oxygen atoms in total. The van der Waals surface area contributed by atoms with E-state index >= 15 is 0 Å². The molecule has 3 aromatic rings. The Bertz CT molecular complexity index is 1150. The van der Waals surface area contributed by atoms with Crippen molar-refractivity contribution in [3.8, 4) is 17.6 Å². The van der Waals surface area contributed by atoms with E-state index in [0.29, 0.717) is 31.7 Å². The van der Waals surface area contributed by atoms with Crippen molar-refractivity contribution in [2.24, 2.45) is 11.8 Å². The Kier molecular flexibility index (Phi) is 7.61. The molecule has 1 N–H and O–H groups in total. The second kappa shape index (κ2) is 10.8. The van der Waals surface area contributed by atoms with E-state index in [-0.39, 0.29) is 5.92 Å². The fourth-order valence-electron chi connectivity index (χ4n) is 4.50. The van der Waals surface area contributed by atoms with Crippen LogP contribution in [0.15, 0.2) is 47.3 Å². The number of fused-ring (bicyclic) bond motifs is 1. The summed E-state index contributed by atoms with van der Waals surface area (Å²) in [5.74, 6) is 5.34. The number of thiophene rings is 1. The van der Waals surface area contributed by atoms with Gasteiger partial charge in [-0.2, -0.15) is 11.3 Å². The highest BCUT2D eigenvalue weighted by Crippen LogP contribution is 2.33. The van der Waals surface area contributed by atoms with E-state index in [1.165, 1.54) is 0 Å². The highest BCUT2D eigenvalue weighted by Gasteiger charge is 2.30. The molecule has 172 valence electrons. The molecule has 0 saturated carbocycles. The lowest BCUT2D eigenvalue weighted by Crippen LogP contribution is -2.48. The van der Waals surface area contributed by atoms with Crippen LogP contribution in [0.25, 0.3) is 10.9 Å². The number of pyridine rings is 1. The Morgan fingerprint density at radius 3 is 3.03 bits per heavy atom. The summed E-state index contributed by atoms with van der Waals surface area (Å²) in [4.78, 5) is 18.3. The third-order valence-corrected chi connectivity index (χ3v) is 7.03. The van der Waals surface area contributed by atoms with Gasteiger partial charge in [0.1, 0.15) is 5.75 Å². The SMILES string of the molecule is COc1ccc2nccc(C(O)CC[C@@H]3CCN(CC#Cc4ccsc4)C[C@@H]3C(=O)[O-])c2c1. The van der Waals surface area contributed by atoms with Crippen LogP contribution < -0.4 is 9.84 Å². The van der Waals surface area contributed by atoms with Crippen molar-refractivity contribution in [3.05, 3.63) is 58.4 Å². The summed E-state index contributed by atoms with van der Waals surface area (Å²) in [5, 5.41) is 27.6. The van der Waals surface area contributed by atoms with Crippen molar-refractivity contribution in [3.63, 3.8) is 0 Å². The number of aliphatic hydroxyl groups excluding tert-OH is 1. The molecule has 1 fully saturated rings. The van der Waals surface area contributed by atoms with Crippen molar-refractivity contribution in [1.82, 2.24) is 9.88 Å². The van der Waals surface area contributed by atoms with Crippen molar-refractivity contribution in [2.75, 3.05) is 26.7 Å². The molecule has 0 aliphatic carbocycles. The van der Waals surface area contributed by atoms with Gasteiger partial charge in [-0.1, -0.05) is 11.8 Å². The number of piperidine rings is 1. The van der Waals surface area contributed by atoms with Gasteiger partial charge in [0, 0.05) is 41.0 Å². The molecule has 0 amide bonds. The van der Waals surface area contributed by atoms with Crippen LogP contribution in [-0.2, 0) is 4.79 Å². The van der Waals surface area contributed by atoms with Crippen LogP contribution in [0, 0.1) is 23.7 Å². The number of carboxylic acid groups (broad SMARTS) is 1. The first-order valence-corrected chi connectivity index (χ1v) is 12.0. The van der Waals surface area contributed by atoms with Crippen LogP contribution in [-0.4, -0.2) is 47.7 Å². The molecular formula is C26H27N2O4S-. The number of nitrogens with zero attached hydrogens (tertiary/aromatic N) is 2. The van der Waals surface area contributed by atoms with E-state index in [4.69, 9.17) is 4.74 Å². The summed E-state index contributed by atoms with van der Waals surface area (Å²) >= 11 is 1.61. The number of likely N-dealkylation sites (tertiary alicyclic amines) is 1. The minimum absolute atomic E-state index is 0.0339. The summed E-state index contributed by atoms with van der Waals surface area (Å²) < 4.78 is 5.32. The van der Waals surface area contributed by atoms with Crippen LogP contribution in [0.5, 0.6) is 5.75 Å². The molecule has 7 heteroatoms. The van der Waals surface area contributed by atoms with Crippen LogP contribution in [0.3, 0.4) is 0 Å². The quantitative estimate of drug-likeness (QED) is 0.543.